The summed E-state index contributed by atoms with van der Waals surface area (Å²) in [6.45, 7) is 12.8. The Morgan fingerprint density at radius 1 is 0.815 bits per heavy atom. The highest BCUT2D eigenvalue weighted by molar-refractivity contribution is 5.76. The lowest BCUT2D eigenvalue weighted by atomic mass is 9.33. The summed E-state index contributed by atoms with van der Waals surface area (Å²) in [4.78, 5) is 13.0. The van der Waals surface area contributed by atoms with Crippen LogP contribution in [0.15, 0.2) is 11.6 Å². The van der Waals surface area contributed by atoms with Crippen LogP contribution in [-0.4, -0.2) is 128 Å². The molecule has 0 amide bonds. The van der Waals surface area contributed by atoms with Crippen molar-refractivity contribution in [1.82, 2.24) is 0 Å². The number of carboxylic acid groups (broad SMARTS) is 1. The molecule has 2 heterocycles. The molecule has 0 unspecified atom stereocenters. The molecular formula is C41H66O13. The van der Waals surface area contributed by atoms with Gasteiger partial charge >= 0.3 is 5.97 Å². The number of rotatable bonds is 7. The Morgan fingerprint density at radius 3 is 2.19 bits per heavy atom. The molecule has 8 N–H and O–H groups in total. The molecule has 54 heavy (non-hydrogen) atoms. The lowest BCUT2D eigenvalue weighted by Crippen LogP contribution is -2.67. The van der Waals surface area contributed by atoms with Crippen molar-refractivity contribution in [2.45, 2.75) is 167 Å². The number of ether oxygens (including phenoxy) is 4. The third-order valence-corrected chi connectivity index (χ3v) is 17.0. The molecule has 7 rings (SSSR count). The summed E-state index contributed by atoms with van der Waals surface area (Å²) in [5, 5.41) is 84.7. The molecule has 13 heteroatoms. The number of aliphatic hydroxyl groups is 7. The number of hydrogen-bond donors (Lipinski definition) is 8. The van der Waals surface area contributed by atoms with E-state index in [0.29, 0.717) is 18.8 Å². The van der Waals surface area contributed by atoms with Crippen LogP contribution in [0.5, 0.6) is 0 Å². The Kier molecular flexibility index (Phi) is 10.6. The lowest BCUT2D eigenvalue weighted by Gasteiger charge is -2.71. The van der Waals surface area contributed by atoms with Crippen molar-refractivity contribution in [3.05, 3.63) is 11.6 Å². The van der Waals surface area contributed by atoms with Gasteiger partial charge in [0.1, 0.15) is 42.7 Å². The second-order valence-electron chi connectivity index (χ2n) is 20.1. The molecule has 5 aliphatic carbocycles. The molecule has 308 valence electrons. The standard InChI is InChI=1S/C41H66O13/c1-36(2)13-15-41(35(49)50)16-14-39(5)21(22(41)17-36)7-8-26-37(3)11-10-27(38(4,20-43)25(37)9-12-40(26,39)6)53-34-32(28(45)23(44)19-51-34)54-33-31(48)30(47)29(46)24(18-42)52-33/h7,22-34,42-48H,8-20H2,1-6H3,(H,49,50)/t22-,23+,24-,25-,26+,27+,28+,29-,30+,31-,32-,33+,34+,37+,38+,39+,40-,41+/m1/s1. The van der Waals surface area contributed by atoms with Gasteiger partial charge in [-0.25, -0.2) is 0 Å². The maximum atomic E-state index is 13.0. The van der Waals surface area contributed by atoms with Crippen LogP contribution in [-0.2, 0) is 23.7 Å². The molecule has 0 aromatic rings. The fourth-order valence-electron chi connectivity index (χ4n) is 13.4. The summed E-state index contributed by atoms with van der Waals surface area (Å²) in [5.41, 5.74) is -0.367. The second kappa shape index (κ2) is 14.0. The van der Waals surface area contributed by atoms with E-state index in [1.165, 1.54) is 5.57 Å². The summed E-state index contributed by atoms with van der Waals surface area (Å²) in [6, 6.07) is 0. The third kappa shape index (κ3) is 5.92. The van der Waals surface area contributed by atoms with Gasteiger partial charge in [0.05, 0.1) is 31.3 Å². The Labute approximate surface area is 319 Å². The van der Waals surface area contributed by atoms with E-state index in [1.54, 1.807) is 0 Å². The van der Waals surface area contributed by atoms with Crippen LogP contribution in [0.1, 0.15) is 106 Å². The average molecular weight is 767 g/mol. The van der Waals surface area contributed by atoms with Gasteiger partial charge in [0.2, 0.25) is 0 Å². The Balaban J connectivity index is 1.15. The molecule has 2 aliphatic heterocycles. The highest BCUT2D eigenvalue weighted by atomic mass is 16.8. The predicted molar refractivity (Wildman–Crippen MR) is 193 cm³/mol. The molecular weight excluding hydrogens is 700 g/mol. The van der Waals surface area contributed by atoms with Crippen LogP contribution in [0, 0.1) is 50.2 Å². The summed E-state index contributed by atoms with van der Waals surface area (Å²) in [5.74, 6) is -0.265. The van der Waals surface area contributed by atoms with Crippen molar-refractivity contribution in [3.63, 3.8) is 0 Å². The maximum absolute atomic E-state index is 13.0. The summed E-state index contributed by atoms with van der Waals surface area (Å²) < 4.78 is 24.1. The molecule has 6 fully saturated rings. The molecule has 18 atom stereocenters. The van der Waals surface area contributed by atoms with Gasteiger partial charge in [-0.1, -0.05) is 53.2 Å². The van der Waals surface area contributed by atoms with Crippen LogP contribution >= 0.6 is 0 Å². The van der Waals surface area contributed by atoms with Crippen molar-refractivity contribution in [1.29, 1.82) is 0 Å². The highest BCUT2D eigenvalue weighted by Gasteiger charge is 2.70. The first kappa shape index (κ1) is 40.9. The van der Waals surface area contributed by atoms with E-state index in [4.69, 9.17) is 18.9 Å². The molecule has 0 aromatic heterocycles. The van der Waals surface area contributed by atoms with Gasteiger partial charge in [0, 0.05) is 5.41 Å². The van der Waals surface area contributed by atoms with E-state index in [-0.39, 0.29) is 46.7 Å². The maximum Gasteiger partial charge on any atom is 0.310 e. The molecule has 0 aromatic carbocycles. The van der Waals surface area contributed by atoms with E-state index < -0.39 is 84.8 Å². The van der Waals surface area contributed by atoms with Crippen LogP contribution in [0.25, 0.3) is 0 Å². The van der Waals surface area contributed by atoms with E-state index in [0.717, 1.165) is 51.4 Å². The van der Waals surface area contributed by atoms with Gasteiger partial charge < -0.3 is 59.8 Å². The molecule has 7 aliphatic rings. The topological polar surface area (TPSA) is 216 Å². The van der Waals surface area contributed by atoms with E-state index in [2.05, 4.69) is 47.6 Å². The lowest BCUT2D eigenvalue weighted by molar-refractivity contribution is -0.368. The van der Waals surface area contributed by atoms with Crippen LogP contribution in [0.2, 0.25) is 0 Å². The third-order valence-electron chi connectivity index (χ3n) is 17.0. The fraction of sp³-hybridized carbons (Fsp3) is 0.927. The number of carbonyl (C=O) groups is 1. The number of aliphatic hydroxyl groups excluding tert-OH is 7. The molecule has 4 saturated carbocycles. The fourth-order valence-corrected chi connectivity index (χ4v) is 13.4. The summed E-state index contributed by atoms with van der Waals surface area (Å²) >= 11 is 0. The first-order valence-electron chi connectivity index (χ1n) is 20.4. The Bertz CT molecular complexity index is 1450. The normalized spacial score (nSPS) is 54.3. The predicted octanol–water partition coefficient (Wildman–Crippen LogP) is 2.49. The molecule has 0 bridgehead atoms. The zero-order valence-corrected chi connectivity index (χ0v) is 32.9. The minimum atomic E-state index is -1.73. The Morgan fingerprint density at radius 2 is 1.52 bits per heavy atom. The van der Waals surface area contributed by atoms with Crippen molar-refractivity contribution in [2.24, 2.45) is 50.2 Å². The van der Waals surface area contributed by atoms with Crippen molar-refractivity contribution in [2.75, 3.05) is 19.8 Å². The van der Waals surface area contributed by atoms with Gasteiger partial charge in [0.25, 0.3) is 0 Å². The number of fused-ring (bicyclic) bond motifs is 7. The van der Waals surface area contributed by atoms with Crippen LogP contribution in [0.4, 0.5) is 0 Å². The largest absolute Gasteiger partial charge is 0.481 e. The number of allylic oxidation sites excluding steroid dienone is 2. The smallest absolute Gasteiger partial charge is 0.310 e. The minimum absolute atomic E-state index is 0.0233. The molecule has 0 spiro atoms. The monoisotopic (exact) mass is 766 g/mol. The Hall–Kier alpha value is -1.23. The highest BCUT2D eigenvalue weighted by Crippen LogP contribution is 2.76. The first-order chi connectivity index (χ1) is 25.2. The minimum Gasteiger partial charge on any atom is -0.481 e. The van der Waals surface area contributed by atoms with Crippen molar-refractivity contribution < 1.29 is 64.6 Å². The van der Waals surface area contributed by atoms with Crippen LogP contribution in [0.3, 0.4) is 0 Å². The number of hydrogen-bond acceptors (Lipinski definition) is 12. The van der Waals surface area contributed by atoms with Crippen LogP contribution < -0.4 is 0 Å². The average Bonchev–Trinajstić information content (AvgIpc) is 3.12. The van der Waals surface area contributed by atoms with Gasteiger partial charge in [0.15, 0.2) is 12.6 Å². The van der Waals surface area contributed by atoms with Crippen molar-refractivity contribution >= 4 is 5.97 Å². The van der Waals surface area contributed by atoms with Gasteiger partial charge in [-0.05, 0) is 104 Å². The first-order valence-corrected chi connectivity index (χ1v) is 20.4. The zero-order valence-electron chi connectivity index (χ0n) is 32.9. The second-order valence-corrected chi connectivity index (χ2v) is 20.1. The van der Waals surface area contributed by atoms with Crippen molar-refractivity contribution in [3.8, 4) is 0 Å². The SMILES string of the molecule is CC1(C)CC[C@]2(C(=O)O)CC[C@@]3(C)C(=CC[C@H]4[C@@]5(C)CC[C@H](O[C@@H]6OC[C@H](O)[C@H](O)[C@H]6O[C@@H]6O[C@H](CO)[C@@H](O)[C@H](O)[C@H]6O)[C@@](C)(CO)[C@@H]5CC[C@]43C)[C@H]2C1. The molecule has 0 radical (unpaired) electrons. The van der Waals surface area contributed by atoms with Gasteiger partial charge in [-0.15, -0.1) is 0 Å². The van der Waals surface area contributed by atoms with E-state index in [9.17, 15) is 45.6 Å². The molecule has 2 saturated heterocycles. The summed E-state index contributed by atoms with van der Waals surface area (Å²) in [6.07, 6.45) is -3.32. The molecule has 13 nitrogen and oxygen atoms in total. The van der Waals surface area contributed by atoms with Gasteiger partial charge in [-0.2, -0.15) is 0 Å². The number of aliphatic carboxylic acids is 1. The summed E-state index contributed by atoms with van der Waals surface area (Å²) in [7, 11) is 0. The number of carboxylic acids is 1. The van der Waals surface area contributed by atoms with E-state index >= 15 is 0 Å². The quantitative estimate of drug-likeness (QED) is 0.138. The zero-order chi connectivity index (χ0) is 39.4. The van der Waals surface area contributed by atoms with E-state index in [1.807, 2.05) is 0 Å². The van der Waals surface area contributed by atoms with Gasteiger partial charge in [-0.3, -0.25) is 4.79 Å².